The maximum Gasteiger partial charge on any atom is 0.319 e. The molecule has 1 aliphatic carbocycles. The van der Waals surface area contributed by atoms with Crippen LogP contribution in [0.15, 0.2) is 24.3 Å². The van der Waals surface area contributed by atoms with Gasteiger partial charge in [0.1, 0.15) is 0 Å². The number of rotatable bonds is 2. The minimum atomic E-state index is -0.298. The lowest BCUT2D eigenvalue weighted by molar-refractivity contribution is -0.116. The van der Waals surface area contributed by atoms with Gasteiger partial charge in [-0.1, -0.05) is 0 Å². The summed E-state index contributed by atoms with van der Waals surface area (Å²) >= 11 is 0. The number of anilines is 1. The number of nitrogens with one attached hydrogen (secondary N) is 2. The van der Waals surface area contributed by atoms with Crippen LogP contribution in [-0.2, 0) is 4.74 Å². The van der Waals surface area contributed by atoms with Gasteiger partial charge in [-0.15, -0.1) is 0 Å². The summed E-state index contributed by atoms with van der Waals surface area (Å²) in [6, 6.07) is 8.27. The Morgan fingerprint density at radius 1 is 1.38 bits per heavy atom. The largest absolute Gasteiger partial charge is 0.376 e. The Labute approximate surface area is 123 Å². The predicted molar refractivity (Wildman–Crippen MR) is 77.5 cm³/mol. The molecule has 1 aromatic rings. The van der Waals surface area contributed by atoms with Crippen LogP contribution in [0, 0.1) is 17.2 Å². The Morgan fingerprint density at radius 3 is 2.86 bits per heavy atom. The lowest BCUT2D eigenvalue weighted by Crippen LogP contribution is -2.72. The fourth-order valence-electron chi connectivity index (χ4n) is 3.07. The van der Waals surface area contributed by atoms with Crippen LogP contribution >= 0.6 is 0 Å². The quantitative estimate of drug-likeness (QED) is 0.760. The van der Waals surface area contributed by atoms with Crippen molar-refractivity contribution >= 4 is 11.7 Å². The highest BCUT2D eigenvalue weighted by Crippen LogP contribution is 2.36. The fourth-order valence-corrected chi connectivity index (χ4v) is 3.07. The van der Waals surface area contributed by atoms with E-state index in [1.54, 1.807) is 24.3 Å². The molecule has 4 atom stereocenters. The van der Waals surface area contributed by atoms with Gasteiger partial charge in [-0.3, -0.25) is 0 Å². The monoisotopic (exact) mass is 286 g/mol. The summed E-state index contributed by atoms with van der Waals surface area (Å²) in [5.74, 6) is 0.360. The van der Waals surface area contributed by atoms with E-state index in [1.165, 1.54) is 0 Å². The molecule has 1 heterocycles. The molecule has 1 aliphatic heterocycles. The molecule has 110 valence electrons. The van der Waals surface area contributed by atoms with Gasteiger partial charge in [0.05, 0.1) is 23.8 Å². The number of carbonyl (C=O) groups excluding carboxylic acids is 1. The van der Waals surface area contributed by atoms with Gasteiger partial charge in [0.2, 0.25) is 0 Å². The molecule has 2 fully saturated rings. The van der Waals surface area contributed by atoms with Crippen LogP contribution in [0.2, 0.25) is 0 Å². The van der Waals surface area contributed by atoms with Crippen LogP contribution in [0.4, 0.5) is 10.5 Å². The maximum absolute atomic E-state index is 12.0. The van der Waals surface area contributed by atoms with Crippen molar-refractivity contribution in [2.75, 3.05) is 11.9 Å². The van der Waals surface area contributed by atoms with Crippen molar-refractivity contribution in [1.29, 1.82) is 5.26 Å². The van der Waals surface area contributed by atoms with Gasteiger partial charge in [0.15, 0.2) is 0 Å². The minimum Gasteiger partial charge on any atom is -0.376 e. The molecular formula is C15H18N4O2. The van der Waals surface area contributed by atoms with Crippen molar-refractivity contribution in [3.05, 3.63) is 29.8 Å². The van der Waals surface area contributed by atoms with E-state index < -0.39 is 0 Å². The Hall–Kier alpha value is -2.10. The van der Waals surface area contributed by atoms with E-state index >= 15 is 0 Å². The SMILES string of the molecule is N#Cc1ccc(NC(=O)NC2C(N)C3CCCOC32)cc1. The second-order valence-corrected chi connectivity index (χ2v) is 5.53. The van der Waals surface area contributed by atoms with Crippen LogP contribution in [0.25, 0.3) is 0 Å². The molecule has 1 saturated heterocycles. The van der Waals surface area contributed by atoms with Crippen molar-refractivity contribution in [2.45, 2.75) is 31.0 Å². The number of fused-ring (bicyclic) bond motifs is 1. The summed E-state index contributed by atoms with van der Waals surface area (Å²) in [5, 5.41) is 14.3. The van der Waals surface area contributed by atoms with E-state index in [4.69, 9.17) is 15.7 Å². The number of nitrogens with two attached hydrogens (primary N) is 1. The standard InChI is InChI=1S/C15H18N4O2/c16-8-9-3-5-10(6-4-9)18-15(20)19-13-12(17)11-2-1-7-21-14(11)13/h3-6,11-14H,1-2,7,17H2,(H2,18,19,20). The van der Waals surface area contributed by atoms with Crippen molar-refractivity contribution in [3.63, 3.8) is 0 Å². The van der Waals surface area contributed by atoms with Crippen LogP contribution in [-0.4, -0.2) is 30.8 Å². The number of hydrogen-bond acceptors (Lipinski definition) is 4. The molecule has 4 N–H and O–H groups in total. The zero-order valence-corrected chi connectivity index (χ0v) is 11.6. The predicted octanol–water partition coefficient (Wildman–Crippen LogP) is 1.18. The van der Waals surface area contributed by atoms with Gasteiger partial charge < -0.3 is 21.1 Å². The Kier molecular flexibility index (Phi) is 3.78. The first-order chi connectivity index (χ1) is 10.2. The van der Waals surface area contributed by atoms with Crippen molar-refractivity contribution in [1.82, 2.24) is 5.32 Å². The molecular weight excluding hydrogens is 268 g/mol. The minimum absolute atomic E-state index is 0.0398. The molecule has 0 aromatic heterocycles. The van der Waals surface area contributed by atoms with Gasteiger partial charge in [-0.05, 0) is 37.1 Å². The number of benzene rings is 1. The fraction of sp³-hybridized carbons (Fsp3) is 0.467. The molecule has 1 saturated carbocycles. The van der Waals surface area contributed by atoms with Gasteiger partial charge in [-0.2, -0.15) is 5.26 Å². The van der Waals surface area contributed by atoms with Crippen LogP contribution < -0.4 is 16.4 Å². The van der Waals surface area contributed by atoms with Gasteiger partial charge >= 0.3 is 6.03 Å². The molecule has 2 amide bonds. The Balaban J connectivity index is 1.55. The molecule has 6 nitrogen and oxygen atoms in total. The third-order valence-electron chi connectivity index (χ3n) is 4.25. The zero-order valence-electron chi connectivity index (χ0n) is 11.6. The average molecular weight is 286 g/mol. The number of amides is 2. The highest BCUT2D eigenvalue weighted by molar-refractivity contribution is 5.89. The van der Waals surface area contributed by atoms with Gasteiger partial charge in [0.25, 0.3) is 0 Å². The topological polar surface area (TPSA) is 100 Å². The highest BCUT2D eigenvalue weighted by Gasteiger charge is 2.51. The average Bonchev–Trinajstić information content (AvgIpc) is 2.53. The molecule has 4 unspecified atom stereocenters. The molecule has 3 rings (SSSR count). The maximum atomic E-state index is 12.0. The molecule has 0 bridgehead atoms. The first-order valence-electron chi connectivity index (χ1n) is 7.14. The molecule has 0 radical (unpaired) electrons. The first-order valence-corrected chi connectivity index (χ1v) is 7.14. The van der Waals surface area contributed by atoms with E-state index in [-0.39, 0.29) is 24.2 Å². The number of urea groups is 1. The number of ether oxygens (including phenoxy) is 1. The second kappa shape index (κ2) is 5.72. The van der Waals surface area contributed by atoms with Crippen LogP contribution in [0.1, 0.15) is 18.4 Å². The number of nitrogens with zero attached hydrogens (tertiary/aromatic N) is 1. The van der Waals surface area contributed by atoms with Crippen LogP contribution in [0.3, 0.4) is 0 Å². The third kappa shape index (κ3) is 2.71. The van der Waals surface area contributed by atoms with Crippen molar-refractivity contribution < 1.29 is 9.53 Å². The zero-order chi connectivity index (χ0) is 14.8. The van der Waals surface area contributed by atoms with Crippen molar-refractivity contribution in [2.24, 2.45) is 11.7 Å². The summed E-state index contributed by atoms with van der Waals surface area (Å²) in [6.45, 7) is 0.739. The molecule has 6 heteroatoms. The molecule has 0 spiro atoms. The summed E-state index contributed by atoms with van der Waals surface area (Å²) in [7, 11) is 0. The molecule has 1 aromatic carbocycles. The lowest BCUT2D eigenvalue weighted by atomic mass is 9.69. The Bertz CT molecular complexity index is 566. The molecule has 21 heavy (non-hydrogen) atoms. The lowest BCUT2D eigenvalue weighted by Gasteiger charge is -2.52. The van der Waals surface area contributed by atoms with E-state index in [1.807, 2.05) is 6.07 Å². The van der Waals surface area contributed by atoms with E-state index in [0.29, 0.717) is 17.2 Å². The summed E-state index contributed by atoms with van der Waals surface area (Å²) in [4.78, 5) is 12.0. The molecule has 2 aliphatic rings. The number of nitriles is 1. The highest BCUT2D eigenvalue weighted by atomic mass is 16.5. The normalized spacial score (nSPS) is 30.5. The van der Waals surface area contributed by atoms with Gasteiger partial charge in [0, 0.05) is 24.3 Å². The number of hydrogen-bond donors (Lipinski definition) is 3. The number of carbonyl (C=O) groups is 1. The Morgan fingerprint density at radius 2 is 2.14 bits per heavy atom. The van der Waals surface area contributed by atoms with E-state index in [0.717, 1.165) is 19.4 Å². The van der Waals surface area contributed by atoms with Crippen molar-refractivity contribution in [3.8, 4) is 6.07 Å². The second-order valence-electron chi connectivity index (χ2n) is 5.53. The smallest absolute Gasteiger partial charge is 0.319 e. The first kappa shape index (κ1) is 13.9. The third-order valence-corrected chi connectivity index (χ3v) is 4.25. The summed E-state index contributed by atoms with van der Waals surface area (Å²) < 4.78 is 5.68. The summed E-state index contributed by atoms with van der Waals surface area (Å²) in [5.41, 5.74) is 7.29. The van der Waals surface area contributed by atoms with E-state index in [9.17, 15) is 4.79 Å². The van der Waals surface area contributed by atoms with Gasteiger partial charge in [-0.25, -0.2) is 4.79 Å². The summed E-state index contributed by atoms with van der Waals surface area (Å²) in [6.07, 6.45) is 2.15. The van der Waals surface area contributed by atoms with E-state index in [2.05, 4.69) is 10.6 Å². The van der Waals surface area contributed by atoms with Crippen LogP contribution in [0.5, 0.6) is 0 Å².